The van der Waals surface area contributed by atoms with Crippen LogP contribution in [0.4, 0.5) is 13.6 Å². The van der Waals surface area contributed by atoms with E-state index < -0.39 is 41.5 Å². The summed E-state index contributed by atoms with van der Waals surface area (Å²) in [7, 11) is 1.49. The number of fused-ring (bicyclic) bond motifs is 2. The first-order valence-electron chi connectivity index (χ1n) is 13.3. The van der Waals surface area contributed by atoms with Crippen molar-refractivity contribution in [2.24, 2.45) is 0 Å². The second-order valence-electron chi connectivity index (χ2n) is 11.1. The Balaban J connectivity index is 1.62. The number of hydrogen-bond acceptors (Lipinski definition) is 7. The minimum atomic E-state index is -3.16. The molecule has 1 amide bonds. The minimum Gasteiger partial charge on any atom is -0.494 e. The van der Waals surface area contributed by atoms with Crippen LogP contribution >= 0.6 is 11.3 Å². The van der Waals surface area contributed by atoms with E-state index in [-0.39, 0.29) is 24.6 Å². The summed E-state index contributed by atoms with van der Waals surface area (Å²) in [6.45, 7) is 6.83. The Labute approximate surface area is 234 Å². The average molecular weight is 575 g/mol. The van der Waals surface area contributed by atoms with E-state index in [0.717, 1.165) is 17.7 Å². The monoisotopic (exact) mass is 574 g/mol. The number of amides is 1. The van der Waals surface area contributed by atoms with Crippen LogP contribution in [0, 0.1) is 0 Å². The van der Waals surface area contributed by atoms with Crippen LogP contribution in [0.3, 0.4) is 0 Å². The van der Waals surface area contributed by atoms with Gasteiger partial charge in [0.15, 0.2) is 5.75 Å². The molecule has 0 spiro atoms. The summed E-state index contributed by atoms with van der Waals surface area (Å²) in [6.07, 6.45) is 2.14. The first kappa shape index (κ1) is 28.1. The van der Waals surface area contributed by atoms with Gasteiger partial charge in [0.2, 0.25) is 5.43 Å². The van der Waals surface area contributed by atoms with Gasteiger partial charge in [-0.25, -0.2) is 18.4 Å². The number of hydrogen-bond donors (Lipinski definition) is 1. The van der Waals surface area contributed by atoms with Crippen molar-refractivity contribution in [3.05, 3.63) is 50.6 Å². The molecule has 0 aliphatic heterocycles. The summed E-state index contributed by atoms with van der Waals surface area (Å²) in [5.41, 5.74) is 0.177. The molecule has 40 heavy (non-hydrogen) atoms. The molecule has 0 saturated heterocycles. The maximum Gasteiger partial charge on any atom is 0.408 e. The first-order valence-corrected chi connectivity index (χ1v) is 14.1. The number of carbonyl (C=O) groups excluding carboxylic acids is 2. The molecule has 0 radical (unpaired) electrons. The number of pyridine rings is 1. The van der Waals surface area contributed by atoms with Crippen molar-refractivity contribution < 1.29 is 32.6 Å². The molecule has 214 valence electrons. The molecule has 5 rings (SSSR count). The number of aromatic nitrogens is 1. The predicted octanol–water partition coefficient (Wildman–Crippen LogP) is 6.40. The Morgan fingerprint density at radius 2 is 1.95 bits per heavy atom. The lowest BCUT2D eigenvalue weighted by atomic mass is 9.89. The van der Waals surface area contributed by atoms with Gasteiger partial charge in [-0.2, -0.15) is 0 Å². The summed E-state index contributed by atoms with van der Waals surface area (Å²) in [5, 5.41) is 2.70. The third-order valence-corrected chi connectivity index (χ3v) is 8.22. The molecule has 1 atom stereocenters. The lowest BCUT2D eigenvalue weighted by Crippen LogP contribution is -2.44. The van der Waals surface area contributed by atoms with Crippen LogP contribution in [0.25, 0.3) is 21.3 Å². The zero-order valence-electron chi connectivity index (χ0n) is 23.1. The van der Waals surface area contributed by atoms with E-state index in [1.54, 1.807) is 45.9 Å². The molecular weight excluding hydrogens is 542 g/mol. The number of alkyl halides is 2. The Morgan fingerprint density at radius 3 is 2.58 bits per heavy atom. The number of nitrogens with one attached hydrogen (secondary N) is 1. The molecule has 2 aliphatic rings. The van der Waals surface area contributed by atoms with Crippen LogP contribution in [0.5, 0.6) is 5.75 Å². The Morgan fingerprint density at radius 1 is 1.23 bits per heavy atom. The first-order chi connectivity index (χ1) is 18.8. The number of ether oxygens (including phenoxy) is 3. The predicted molar refractivity (Wildman–Crippen MR) is 148 cm³/mol. The lowest BCUT2D eigenvalue weighted by molar-refractivity contribution is -0.0539. The quantitative estimate of drug-likeness (QED) is 0.343. The van der Waals surface area contributed by atoms with E-state index in [0.29, 0.717) is 32.7 Å². The molecule has 1 aromatic carbocycles. The zero-order valence-corrected chi connectivity index (χ0v) is 23.9. The van der Waals surface area contributed by atoms with Crippen molar-refractivity contribution in [3.8, 4) is 16.2 Å². The number of alkyl carbamates (subject to hydrolysis) is 1. The number of rotatable bonds is 6. The number of benzene rings is 1. The Hall–Kier alpha value is -3.47. The fourth-order valence-corrected chi connectivity index (χ4v) is 6.31. The molecular formula is C29H32F2N2O6S. The molecule has 2 aliphatic carbocycles. The third kappa shape index (κ3) is 5.18. The van der Waals surface area contributed by atoms with Crippen LogP contribution in [-0.4, -0.2) is 41.9 Å². The molecule has 11 heteroatoms. The molecule has 8 nitrogen and oxygen atoms in total. The van der Waals surface area contributed by atoms with E-state index in [2.05, 4.69) is 5.32 Å². The van der Waals surface area contributed by atoms with E-state index in [1.165, 1.54) is 24.6 Å². The number of nitrogens with zero attached hydrogens (tertiary/aromatic N) is 1. The second-order valence-corrected chi connectivity index (χ2v) is 12.2. The van der Waals surface area contributed by atoms with Crippen molar-refractivity contribution in [2.45, 2.75) is 77.0 Å². The normalized spacial score (nSPS) is 18.2. The summed E-state index contributed by atoms with van der Waals surface area (Å²) >= 11 is 1.35. The molecule has 3 aromatic rings. The van der Waals surface area contributed by atoms with E-state index in [4.69, 9.17) is 14.2 Å². The molecule has 0 bridgehead atoms. The smallest absolute Gasteiger partial charge is 0.408 e. The number of aryl methyl sites for hydroxylation is 1. The molecule has 1 fully saturated rings. The van der Waals surface area contributed by atoms with Gasteiger partial charge >= 0.3 is 12.1 Å². The minimum absolute atomic E-state index is 0.0408. The van der Waals surface area contributed by atoms with Crippen LogP contribution in [0.2, 0.25) is 0 Å². The highest BCUT2D eigenvalue weighted by atomic mass is 32.1. The second kappa shape index (κ2) is 10.2. The SMILES string of the molecule is CCOC(=O)c1cn(C2CC2)c2c(OC)c(-c3cc4c(s3)CCC(F)(F)C4NC(=O)OC(C)(C)C)ccc2c1=O. The van der Waals surface area contributed by atoms with Crippen molar-refractivity contribution in [3.63, 3.8) is 0 Å². The van der Waals surface area contributed by atoms with E-state index in [9.17, 15) is 14.4 Å². The summed E-state index contributed by atoms with van der Waals surface area (Å²) in [5.74, 6) is -3.42. The lowest BCUT2D eigenvalue weighted by Gasteiger charge is -2.32. The van der Waals surface area contributed by atoms with Crippen molar-refractivity contribution in [1.82, 2.24) is 9.88 Å². The summed E-state index contributed by atoms with van der Waals surface area (Å²) < 4.78 is 48.3. The molecule has 2 aromatic heterocycles. The molecule has 1 N–H and O–H groups in total. The zero-order chi connectivity index (χ0) is 29.0. The van der Waals surface area contributed by atoms with Gasteiger partial charge in [-0.3, -0.25) is 4.79 Å². The number of thiophene rings is 1. The largest absolute Gasteiger partial charge is 0.494 e. The average Bonchev–Trinajstić information content (AvgIpc) is 3.62. The summed E-state index contributed by atoms with van der Waals surface area (Å²) in [6, 6.07) is 3.56. The van der Waals surface area contributed by atoms with E-state index in [1.807, 2.05) is 4.57 Å². The van der Waals surface area contributed by atoms with Gasteiger partial charge in [-0.15, -0.1) is 11.3 Å². The highest BCUT2D eigenvalue weighted by Gasteiger charge is 2.47. The van der Waals surface area contributed by atoms with Crippen LogP contribution in [-0.2, 0) is 15.9 Å². The van der Waals surface area contributed by atoms with Crippen molar-refractivity contribution in [1.29, 1.82) is 0 Å². The highest BCUT2D eigenvalue weighted by Crippen LogP contribution is 2.49. The highest BCUT2D eigenvalue weighted by molar-refractivity contribution is 7.15. The standard InChI is InChI=1S/C29H32F2N2O6S/c1-6-38-26(35)19-14-33(15-7-8-15)22-17(23(19)34)10-9-16(24(22)37-5)21-13-18-20(40-21)11-12-29(30,31)25(18)32-27(36)39-28(2,3)4/h9-10,13-15,25H,6-8,11-12H2,1-5H3,(H,32,36). The van der Waals surface area contributed by atoms with Crippen LogP contribution in [0.15, 0.2) is 29.2 Å². The number of carbonyl (C=O) groups is 2. The third-order valence-electron chi connectivity index (χ3n) is 6.97. The van der Waals surface area contributed by atoms with Gasteiger partial charge in [0.1, 0.15) is 17.2 Å². The van der Waals surface area contributed by atoms with Crippen LogP contribution < -0.4 is 15.5 Å². The Kier molecular flexibility index (Phi) is 7.14. The van der Waals surface area contributed by atoms with Crippen LogP contribution in [0.1, 0.15) is 79.8 Å². The molecule has 2 heterocycles. The molecule has 1 unspecified atom stereocenters. The van der Waals surface area contributed by atoms with Crippen molar-refractivity contribution in [2.75, 3.05) is 13.7 Å². The fourth-order valence-electron chi connectivity index (χ4n) is 5.09. The maximum atomic E-state index is 15.1. The van der Waals surface area contributed by atoms with Gasteiger partial charge in [0, 0.05) is 34.0 Å². The van der Waals surface area contributed by atoms with Gasteiger partial charge in [0.05, 0.1) is 24.6 Å². The maximum absolute atomic E-state index is 15.1. The van der Waals surface area contributed by atoms with Gasteiger partial charge in [0.25, 0.3) is 5.92 Å². The van der Waals surface area contributed by atoms with Gasteiger partial charge in [-0.05, 0) is 70.7 Å². The number of esters is 1. The van der Waals surface area contributed by atoms with Gasteiger partial charge < -0.3 is 24.1 Å². The molecule has 1 saturated carbocycles. The summed E-state index contributed by atoms with van der Waals surface area (Å²) in [4.78, 5) is 39.7. The van der Waals surface area contributed by atoms with Gasteiger partial charge in [-0.1, -0.05) is 0 Å². The fraction of sp³-hybridized carbons (Fsp3) is 0.483. The van der Waals surface area contributed by atoms with E-state index >= 15 is 8.78 Å². The number of methoxy groups -OCH3 is 1. The number of halogens is 2. The van der Waals surface area contributed by atoms with Crippen molar-refractivity contribution >= 4 is 34.3 Å². The Bertz CT molecular complexity index is 1550. The topological polar surface area (TPSA) is 95.9 Å².